The molecule has 0 aromatic heterocycles. The fraction of sp³-hybridized carbons (Fsp3) is 0.324. The van der Waals surface area contributed by atoms with E-state index in [9.17, 15) is 24.3 Å². The third kappa shape index (κ3) is 4.80. The number of phenols is 1. The topological polar surface area (TPSA) is 144 Å². The van der Waals surface area contributed by atoms with Crippen molar-refractivity contribution in [2.45, 2.75) is 43.9 Å². The lowest BCUT2D eigenvalue weighted by Crippen LogP contribution is -2.53. The molecular weight excluding hydrogens is 634 g/mol. The Hall–Kier alpha value is -4.96. The molecule has 7 rings (SSSR count). The second-order valence-electron chi connectivity index (χ2n) is 13.1. The first-order valence-corrected chi connectivity index (χ1v) is 16.4. The molecule has 3 N–H and O–H groups in total. The van der Waals surface area contributed by atoms with Gasteiger partial charge in [0.1, 0.15) is 5.75 Å². The van der Waals surface area contributed by atoms with Crippen LogP contribution in [0.15, 0.2) is 84.4 Å². The van der Waals surface area contributed by atoms with Gasteiger partial charge in [0.25, 0.3) is 11.8 Å². The first-order chi connectivity index (χ1) is 23.0. The molecule has 3 aromatic rings. The SMILES string of the molecule is Cc1ccc(NN2C(=O)C3CC4C(=CCC5C(=O)N(CCCC(=O)O)C(=O)C54)C(c4cc(Cl)ccc4O)C3(c3ccccc3)C2=O)cc1. The van der Waals surface area contributed by atoms with Crippen LogP contribution in [0.2, 0.25) is 5.02 Å². The lowest BCUT2D eigenvalue weighted by Gasteiger charge is -2.50. The number of benzene rings is 3. The Labute approximate surface area is 282 Å². The molecule has 0 bridgehead atoms. The van der Waals surface area contributed by atoms with E-state index in [1.165, 1.54) is 6.07 Å². The Bertz CT molecular complexity index is 1880. The van der Waals surface area contributed by atoms with Crippen LogP contribution in [0.4, 0.5) is 5.69 Å². The fourth-order valence-electron chi connectivity index (χ4n) is 8.52. The monoisotopic (exact) mass is 667 g/mol. The molecule has 246 valence electrons. The number of hydrogen-bond acceptors (Lipinski definition) is 7. The maximum atomic E-state index is 15.1. The predicted molar refractivity (Wildman–Crippen MR) is 175 cm³/mol. The Balaban J connectivity index is 1.40. The molecule has 1 saturated carbocycles. The Morgan fingerprint density at radius 3 is 2.40 bits per heavy atom. The quantitative estimate of drug-likeness (QED) is 0.220. The molecule has 0 radical (unpaired) electrons. The van der Waals surface area contributed by atoms with E-state index in [-0.39, 0.29) is 43.9 Å². The number of anilines is 1. The minimum atomic E-state index is -1.53. The number of carboxylic acid groups (broad SMARTS) is 1. The van der Waals surface area contributed by atoms with Crippen LogP contribution in [0.5, 0.6) is 5.75 Å². The summed E-state index contributed by atoms with van der Waals surface area (Å²) in [4.78, 5) is 69.7. The number of rotatable bonds is 8. The van der Waals surface area contributed by atoms with E-state index in [2.05, 4.69) is 5.43 Å². The van der Waals surface area contributed by atoms with Gasteiger partial charge in [-0.15, -0.1) is 0 Å². The van der Waals surface area contributed by atoms with Crippen molar-refractivity contribution in [2.24, 2.45) is 23.7 Å². The second-order valence-corrected chi connectivity index (χ2v) is 13.6. The van der Waals surface area contributed by atoms with Gasteiger partial charge in [-0.3, -0.25) is 34.3 Å². The minimum absolute atomic E-state index is 0.0133. The van der Waals surface area contributed by atoms with E-state index in [1.54, 1.807) is 36.4 Å². The molecule has 3 fully saturated rings. The number of allylic oxidation sites excluding steroid dienone is 2. The van der Waals surface area contributed by atoms with Crippen molar-refractivity contribution in [2.75, 3.05) is 12.0 Å². The van der Waals surface area contributed by atoms with Gasteiger partial charge in [-0.05, 0) is 68.0 Å². The second kappa shape index (κ2) is 11.9. The first kappa shape index (κ1) is 31.6. The van der Waals surface area contributed by atoms with Gasteiger partial charge < -0.3 is 10.2 Å². The number of aromatic hydroxyl groups is 1. The van der Waals surface area contributed by atoms with Crippen molar-refractivity contribution in [3.63, 3.8) is 0 Å². The molecule has 48 heavy (non-hydrogen) atoms. The third-order valence-corrected chi connectivity index (χ3v) is 10.8. The Morgan fingerprint density at radius 2 is 1.69 bits per heavy atom. The summed E-state index contributed by atoms with van der Waals surface area (Å²) >= 11 is 6.53. The van der Waals surface area contributed by atoms with Crippen molar-refractivity contribution >= 4 is 46.9 Å². The molecule has 10 nitrogen and oxygen atoms in total. The normalized spacial score (nSPS) is 27.8. The molecule has 2 saturated heterocycles. The van der Waals surface area contributed by atoms with Gasteiger partial charge in [-0.25, -0.2) is 0 Å². The van der Waals surface area contributed by atoms with Crippen molar-refractivity contribution in [3.05, 3.63) is 106 Å². The van der Waals surface area contributed by atoms with Crippen molar-refractivity contribution < 1.29 is 34.2 Å². The highest BCUT2D eigenvalue weighted by Gasteiger charge is 2.70. The molecule has 3 aromatic carbocycles. The van der Waals surface area contributed by atoms with Crippen molar-refractivity contribution in [1.29, 1.82) is 0 Å². The predicted octanol–water partition coefficient (Wildman–Crippen LogP) is 5.20. The number of aryl methyl sites for hydroxylation is 1. The summed E-state index contributed by atoms with van der Waals surface area (Å²) in [6, 6.07) is 20.9. The van der Waals surface area contributed by atoms with Crippen LogP contribution in [0, 0.1) is 30.6 Å². The number of fused-ring (bicyclic) bond motifs is 4. The fourth-order valence-corrected chi connectivity index (χ4v) is 8.70. The molecule has 6 unspecified atom stereocenters. The maximum absolute atomic E-state index is 15.1. The third-order valence-electron chi connectivity index (χ3n) is 10.6. The number of nitrogens with one attached hydrogen (secondary N) is 1. The van der Waals surface area contributed by atoms with E-state index < -0.39 is 58.7 Å². The number of halogens is 1. The summed E-state index contributed by atoms with van der Waals surface area (Å²) in [6.45, 7) is 1.92. The molecule has 2 heterocycles. The van der Waals surface area contributed by atoms with Crippen LogP contribution in [-0.4, -0.2) is 56.3 Å². The number of imide groups is 2. The number of phenolic OH excluding ortho intramolecular Hbond substituents is 1. The highest BCUT2D eigenvalue weighted by molar-refractivity contribution is 6.30. The molecule has 4 amide bonds. The molecule has 0 spiro atoms. The molecule has 2 aliphatic heterocycles. The van der Waals surface area contributed by atoms with Gasteiger partial charge in [-0.2, -0.15) is 5.01 Å². The zero-order valence-electron chi connectivity index (χ0n) is 26.1. The summed E-state index contributed by atoms with van der Waals surface area (Å²) in [5.41, 5.74) is 4.68. The van der Waals surface area contributed by atoms with Gasteiger partial charge in [0, 0.05) is 29.5 Å². The van der Waals surface area contributed by atoms with Crippen LogP contribution in [-0.2, 0) is 29.4 Å². The summed E-state index contributed by atoms with van der Waals surface area (Å²) in [5.74, 6) is -6.84. The smallest absolute Gasteiger partial charge is 0.303 e. The number of likely N-dealkylation sites (tertiary alicyclic amines) is 1. The zero-order valence-corrected chi connectivity index (χ0v) is 26.9. The standard InChI is InChI=1S/C37H34ClN3O7/c1-20-9-12-23(13-10-20)39-41-34(46)28-19-26-24(14-15-25-31(26)35(47)40(33(25)45)17-5-8-30(43)44)32(27-18-22(38)11-16-29(27)42)37(28,36(41)48)21-6-3-2-4-7-21/h2-4,6-7,9-14,16,18,25-26,28,31-32,39,42H,5,8,15,17,19H2,1H3,(H,43,44). The van der Waals surface area contributed by atoms with Crippen LogP contribution in [0.25, 0.3) is 0 Å². The van der Waals surface area contributed by atoms with Crippen LogP contribution in [0.1, 0.15) is 48.3 Å². The van der Waals surface area contributed by atoms with Gasteiger partial charge in [0.05, 0.1) is 28.9 Å². The highest BCUT2D eigenvalue weighted by atomic mass is 35.5. The number of hydrogen-bond donors (Lipinski definition) is 3. The number of aliphatic carboxylic acids is 1. The van der Waals surface area contributed by atoms with Crippen molar-refractivity contribution in [3.8, 4) is 5.75 Å². The molecule has 11 heteroatoms. The highest BCUT2D eigenvalue weighted by Crippen LogP contribution is 2.65. The van der Waals surface area contributed by atoms with E-state index in [0.717, 1.165) is 15.5 Å². The van der Waals surface area contributed by atoms with E-state index in [4.69, 9.17) is 16.7 Å². The number of carbonyl (C=O) groups excluding carboxylic acids is 4. The summed E-state index contributed by atoms with van der Waals surface area (Å²) < 4.78 is 0. The van der Waals surface area contributed by atoms with E-state index >= 15 is 4.79 Å². The van der Waals surface area contributed by atoms with E-state index in [0.29, 0.717) is 27.4 Å². The zero-order chi connectivity index (χ0) is 33.9. The van der Waals surface area contributed by atoms with E-state index in [1.807, 2.05) is 43.3 Å². The minimum Gasteiger partial charge on any atom is -0.508 e. The van der Waals surface area contributed by atoms with Crippen molar-refractivity contribution in [1.82, 2.24) is 9.91 Å². The average molecular weight is 668 g/mol. The van der Waals surface area contributed by atoms with Crippen LogP contribution >= 0.6 is 11.6 Å². The largest absolute Gasteiger partial charge is 0.508 e. The lowest BCUT2D eigenvalue weighted by molar-refractivity contribution is -0.142. The number of hydrazine groups is 1. The molecule has 2 aliphatic carbocycles. The number of carboxylic acids is 1. The van der Waals surface area contributed by atoms with Crippen LogP contribution < -0.4 is 5.43 Å². The maximum Gasteiger partial charge on any atom is 0.303 e. The number of carbonyl (C=O) groups is 5. The van der Waals surface area contributed by atoms with Gasteiger partial charge in [0.15, 0.2) is 0 Å². The lowest BCUT2D eigenvalue weighted by atomic mass is 9.49. The summed E-state index contributed by atoms with van der Waals surface area (Å²) in [6.07, 6.45) is 2.17. The Morgan fingerprint density at radius 1 is 0.958 bits per heavy atom. The molecular formula is C37H34ClN3O7. The Kier molecular flexibility index (Phi) is 7.86. The van der Waals surface area contributed by atoms with Gasteiger partial charge >= 0.3 is 5.97 Å². The number of nitrogens with zero attached hydrogens (tertiary/aromatic N) is 2. The number of amides is 4. The first-order valence-electron chi connectivity index (χ1n) is 16.1. The molecule has 6 atom stereocenters. The average Bonchev–Trinajstić information content (AvgIpc) is 3.44. The molecule has 4 aliphatic rings. The van der Waals surface area contributed by atoms with Gasteiger partial charge in [0.2, 0.25) is 11.8 Å². The summed E-state index contributed by atoms with van der Waals surface area (Å²) in [5, 5.41) is 21.9. The van der Waals surface area contributed by atoms with Crippen LogP contribution in [0.3, 0.4) is 0 Å². The summed E-state index contributed by atoms with van der Waals surface area (Å²) in [7, 11) is 0. The van der Waals surface area contributed by atoms with Gasteiger partial charge in [-0.1, -0.05) is 71.3 Å².